The summed E-state index contributed by atoms with van der Waals surface area (Å²) in [5, 5.41) is 2.78. The molecule has 6 heteroatoms. The zero-order chi connectivity index (χ0) is 21.6. The van der Waals surface area contributed by atoms with E-state index < -0.39 is 0 Å². The molecule has 1 aliphatic heterocycles. The van der Waals surface area contributed by atoms with Crippen LogP contribution in [0.3, 0.4) is 0 Å². The van der Waals surface area contributed by atoms with Crippen molar-refractivity contribution in [3.8, 4) is 10.6 Å². The van der Waals surface area contributed by atoms with Gasteiger partial charge in [-0.25, -0.2) is 4.98 Å². The molecule has 0 bridgehead atoms. The van der Waals surface area contributed by atoms with Gasteiger partial charge in [0.25, 0.3) is 5.91 Å². The first-order valence-electron chi connectivity index (χ1n) is 10.8. The quantitative estimate of drug-likeness (QED) is 0.549. The average Bonchev–Trinajstić information content (AvgIpc) is 3.29. The topological polar surface area (TPSA) is 45.7 Å². The number of amides is 1. The maximum Gasteiger partial charge on any atom is 0.273 e. The van der Waals surface area contributed by atoms with E-state index >= 15 is 0 Å². The fourth-order valence-electron chi connectivity index (χ4n) is 3.92. The summed E-state index contributed by atoms with van der Waals surface area (Å²) in [4.78, 5) is 22.6. The molecule has 3 aromatic rings. The molecular weight excluding hydrogens is 406 g/mol. The highest BCUT2D eigenvalue weighted by Crippen LogP contribution is 2.27. The van der Waals surface area contributed by atoms with Crippen LogP contribution < -0.4 is 0 Å². The van der Waals surface area contributed by atoms with Crippen LogP contribution in [0.25, 0.3) is 10.6 Å². The highest BCUT2D eigenvalue weighted by molar-refractivity contribution is 7.13. The van der Waals surface area contributed by atoms with Crippen molar-refractivity contribution in [1.29, 1.82) is 0 Å². The molecule has 4 rings (SSSR count). The van der Waals surface area contributed by atoms with Crippen LogP contribution in [0.15, 0.2) is 60.0 Å². The molecule has 1 saturated heterocycles. The van der Waals surface area contributed by atoms with Crippen molar-refractivity contribution in [2.45, 2.75) is 26.4 Å². The van der Waals surface area contributed by atoms with Crippen LogP contribution >= 0.6 is 11.3 Å². The largest absolute Gasteiger partial charge is 0.379 e. The number of rotatable bonds is 7. The van der Waals surface area contributed by atoms with E-state index in [0.717, 1.165) is 54.5 Å². The van der Waals surface area contributed by atoms with Gasteiger partial charge in [-0.05, 0) is 25.0 Å². The minimum absolute atomic E-state index is 0.0132. The van der Waals surface area contributed by atoms with Crippen LogP contribution in [0.2, 0.25) is 0 Å². The maximum absolute atomic E-state index is 13.6. The first-order valence-corrected chi connectivity index (χ1v) is 11.7. The number of carbonyl (C=O) groups is 1. The van der Waals surface area contributed by atoms with Crippen molar-refractivity contribution in [3.63, 3.8) is 0 Å². The van der Waals surface area contributed by atoms with Crippen molar-refractivity contribution in [2.75, 3.05) is 32.8 Å². The highest BCUT2D eigenvalue weighted by Gasteiger charge is 2.26. The van der Waals surface area contributed by atoms with Gasteiger partial charge < -0.3 is 9.64 Å². The fourth-order valence-corrected chi connectivity index (χ4v) is 4.80. The van der Waals surface area contributed by atoms with Gasteiger partial charge in [-0.3, -0.25) is 9.69 Å². The maximum atomic E-state index is 13.6. The van der Waals surface area contributed by atoms with Gasteiger partial charge in [0, 0.05) is 43.2 Å². The number of benzene rings is 2. The lowest BCUT2D eigenvalue weighted by Crippen LogP contribution is -2.48. The van der Waals surface area contributed by atoms with Crippen LogP contribution in [0.1, 0.15) is 28.5 Å². The SMILES string of the molecule is Cc1ccccc1-c1nc(C(=O)N(Cc2ccccc2)C(C)CN2CCOCC2)cs1. The second-order valence-corrected chi connectivity index (χ2v) is 8.89. The van der Waals surface area contributed by atoms with Crippen molar-refractivity contribution in [2.24, 2.45) is 0 Å². The van der Waals surface area contributed by atoms with E-state index in [1.54, 1.807) is 0 Å². The van der Waals surface area contributed by atoms with E-state index in [1.807, 2.05) is 40.6 Å². The molecule has 1 atom stereocenters. The zero-order valence-electron chi connectivity index (χ0n) is 18.2. The number of hydrogen-bond acceptors (Lipinski definition) is 5. The van der Waals surface area contributed by atoms with Crippen LogP contribution in [-0.2, 0) is 11.3 Å². The van der Waals surface area contributed by atoms with E-state index in [2.05, 4.69) is 43.0 Å². The Hall–Kier alpha value is -2.54. The Kier molecular flexibility index (Phi) is 7.12. The van der Waals surface area contributed by atoms with Crippen LogP contribution in [0.4, 0.5) is 0 Å². The second kappa shape index (κ2) is 10.2. The molecular formula is C25H29N3O2S. The number of ether oxygens (including phenoxy) is 1. The molecule has 0 aliphatic carbocycles. The lowest BCUT2D eigenvalue weighted by atomic mass is 10.1. The van der Waals surface area contributed by atoms with Gasteiger partial charge in [-0.1, -0.05) is 54.6 Å². The molecule has 2 aromatic carbocycles. The van der Waals surface area contributed by atoms with Gasteiger partial charge in [0.1, 0.15) is 10.7 Å². The zero-order valence-corrected chi connectivity index (χ0v) is 19.0. The number of thiazole rings is 1. The normalized spacial score (nSPS) is 15.5. The Balaban J connectivity index is 1.56. The lowest BCUT2D eigenvalue weighted by molar-refractivity contribution is 0.0227. The molecule has 5 nitrogen and oxygen atoms in total. The Morgan fingerprint density at radius 2 is 1.84 bits per heavy atom. The molecule has 0 radical (unpaired) electrons. The Labute approximate surface area is 188 Å². The number of morpholine rings is 1. The summed E-state index contributed by atoms with van der Waals surface area (Å²) in [7, 11) is 0. The molecule has 0 N–H and O–H groups in total. The Morgan fingerprint density at radius 3 is 2.58 bits per heavy atom. The van der Waals surface area contributed by atoms with Gasteiger partial charge in [0.2, 0.25) is 0 Å². The van der Waals surface area contributed by atoms with Crippen molar-refractivity contribution >= 4 is 17.2 Å². The van der Waals surface area contributed by atoms with Gasteiger partial charge in [0.05, 0.1) is 13.2 Å². The molecule has 0 saturated carbocycles. The minimum Gasteiger partial charge on any atom is -0.379 e. The standard InChI is InChI=1S/C25H29N3O2S/c1-19-8-6-7-11-22(19)24-26-23(18-31-24)25(29)28(17-21-9-4-3-5-10-21)20(2)16-27-12-14-30-15-13-27/h3-11,18,20H,12-17H2,1-2H3. The number of nitrogens with zero attached hydrogens (tertiary/aromatic N) is 3. The minimum atomic E-state index is -0.0132. The summed E-state index contributed by atoms with van der Waals surface area (Å²) in [6.45, 7) is 8.93. The average molecular weight is 436 g/mol. The summed E-state index contributed by atoms with van der Waals surface area (Å²) in [6, 6.07) is 18.4. The summed E-state index contributed by atoms with van der Waals surface area (Å²) in [5.74, 6) is -0.0132. The van der Waals surface area contributed by atoms with E-state index in [-0.39, 0.29) is 11.9 Å². The predicted octanol–water partition coefficient (Wildman–Crippen LogP) is 4.48. The number of hydrogen-bond donors (Lipinski definition) is 0. The van der Waals surface area contributed by atoms with Crippen LogP contribution in [-0.4, -0.2) is 59.6 Å². The Bertz CT molecular complexity index is 999. The second-order valence-electron chi connectivity index (χ2n) is 8.03. The monoisotopic (exact) mass is 435 g/mol. The summed E-state index contributed by atoms with van der Waals surface area (Å²) < 4.78 is 5.48. The van der Waals surface area contributed by atoms with Crippen molar-refractivity contribution in [1.82, 2.24) is 14.8 Å². The molecule has 1 amide bonds. The molecule has 0 spiro atoms. The molecule has 1 aromatic heterocycles. The molecule has 2 heterocycles. The summed E-state index contributed by atoms with van der Waals surface area (Å²) >= 11 is 1.53. The molecule has 162 valence electrons. The fraction of sp³-hybridized carbons (Fsp3) is 0.360. The summed E-state index contributed by atoms with van der Waals surface area (Å²) in [5.41, 5.74) is 3.90. The van der Waals surface area contributed by atoms with E-state index in [0.29, 0.717) is 12.2 Å². The van der Waals surface area contributed by atoms with E-state index in [1.165, 1.54) is 11.3 Å². The first-order chi connectivity index (χ1) is 15.1. The van der Waals surface area contributed by atoms with Crippen LogP contribution in [0.5, 0.6) is 0 Å². The smallest absolute Gasteiger partial charge is 0.273 e. The number of aryl methyl sites for hydroxylation is 1. The molecule has 31 heavy (non-hydrogen) atoms. The lowest BCUT2D eigenvalue weighted by Gasteiger charge is -2.35. The number of carbonyl (C=O) groups excluding carboxylic acids is 1. The summed E-state index contributed by atoms with van der Waals surface area (Å²) in [6.07, 6.45) is 0. The van der Waals surface area contributed by atoms with Gasteiger partial charge >= 0.3 is 0 Å². The van der Waals surface area contributed by atoms with E-state index in [4.69, 9.17) is 9.72 Å². The van der Waals surface area contributed by atoms with Gasteiger partial charge in [0.15, 0.2) is 0 Å². The van der Waals surface area contributed by atoms with Crippen LogP contribution in [0, 0.1) is 6.92 Å². The van der Waals surface area contributed by atoms with Gasteiger partial charge in [-0.15, -0.1) is 11.3 Å². The van der Waals surface area contributed by atoms with E-state index in [9.17, 15) is 4.79 Å². The van der Waals surface area contributed by atoms with Crippen molar-refractivity contribution < 1.29 is 9.53 Å². The third-order valence-corrected chi connectivity index (χ3v) is 6.59. The molecule has 1 unspecified atom stereocenters. The Morgan fingerprint density at radius 1 is 1.13 bits per heavy atom. The third-order valence-electron chi connectivity index (χ3n) is 5.71. The highest BCUT2D eigenvalue weighted by atomic mass is 32.1. The number of aromatic nitrogens is 1. The van der Waals surface area contributed by atoms with Gasteiger partial charge in [-0.2, -0.15) is 0 Å². The molecule has 1 aliphatic rings. The molecule has 1 fully saturated rings. The third kappa shape index (κ3) is 5.39. The predicted molar refractivity (Wildman–Crippen MR) is 125 cm³/mol. The first kappa shape index (κ1) is 21.7. The van der Waals surface area contributed by atoms with Crippen molar-refractivity contribution in [3.05, 3.63) is 76.8 Å².